The average Bonchev–Trinajstić information content (AvgIpc) is 2.74. The molecular formula is C16H16N2O7S. The first-order valence-corrected chi connectivity index (χ1v) is 9.21. The number of amides is 1. The van der Waals surface area contributed by atoms with E-state index in [0.717, 1.165) is 11.8 Å². The summed E-state index contributed by atoms with van der Waals surface area (Å²) in [6.07, 6.45) is 2.82. The van der Waals surface area contributed by atoms with Crippen molar-refractivity contribution >= 4 is 33.8 Å². The van der Waals surface area contributed by atoms with Crippen LogP contribution in [0.4, 0.5) is 0 Å². The normalized spacial score (nSPS) is 30.6. The highest BCUT2D eigenvalue weighted by Gasteiger charge is 2.72. The number of aliphatic carboxylic acids is 1. The topological polar surface area (TPSA) is 131 Å². The van der Waals surface area contributed by atoms with Gasteiger partial charge in [0, 0.05) is 13.1 Å². The molecule has 2 fully saturated rings. The Morgan fingerprint density at radius 2 is 2.12 bits per heavy atom. The lowest BCUT2D eigenvalue weighted by atomic mass is 9.94. The number of carboxylic acid groups (broad SMARTS) is 1. The summed E-state index contributed by atoms with van der Waals surface area (Å²) in [4.78, 5) is 40.1. The fourth-order valence-electron chi connectivity index (χ4n) is 3.26. The predicted molar refractivity (Wildman–Crippen MR) is 88.2 cm³/mol. The third kappa shape index (κ3) is 2.40. The molecule has 0 aliphatic carbocycles. The van der Waals surface area contributed by atoms with Crippen molar-refractivity contribution in [3.05, 3.63) is 35.7 Å². The Kier molecular flexibility index (Phi) is 4.10. The molecule has 3 heterocycles. The molecule has 3 atom stereocenters. The second-order valence-electron chi connectivity index (χ2n) is 6.30. The van der Waals surface area contributed by atoms with Crippen LogP contribution in [0, 0.1) is 0 Å². The number of hydrogen-bond acceptors (Lipinski definition) is 7. The summed E-state index contributed by atoms with van der Waals surface area (Å²) >= 11 is 0. The molecule has 2 aliphatic heterocycles. The highest BCUT2D eigenvalue weighted by molar-refractivity contribution is 7.94. The Bertz CT molecular complexity index is 925. The van der Waals surface area contributed by atoms with Gasteiger partial charge in [0.25, 0.3) is 5.91 Å². The standard InChI is InChI=1S/C16H16N2O7S/c1-9(19)25-8-16(2)12(15(21)22)18-13(20)11(14(18)26(16,23)24)7-10-5-3-4-6-17-10/h3-7,12,14H,8H2,1-2H3,(H,21,22)/b11-7+/t12-,14+,16-/m0/s1. The number of pyridine rings is 1. The Morgan fingerprint density at radius 3 is 2.65 bits per heavy atom. The number of ether oxygens (including phenoxy) is 1. The third-order valence-electron chi connectivity index (χ3n) is 4.59. The maximum absolute atomic E-state index is 13.0. The third-order valence-corrected chi connectivity index (χ3v) is 7.30. The number of nitrogens with zero attached hydrogens (tertiary/aromatic N) is 2. The molecule has 1 aromatic rings. The monoisotopic (exact) mass is 380 g/mol. The van der Waals surface area contributed by atoms with Crippen molar-refractivity contribution < 1.29 is 32.6 Å². The molecule has 0 aromatic carbocycles. The van der Waals surface area contributed by atoms with Crippen molar-refractivity contribution in [1.82, 2.24) is 9.88 Å². The molecule has 0 bridgehead atoms. The Morgan fingerprint density at radius 1 is 1.42 bits per heavy atom. The number of sulfone groups is 1. The summed E-state index contributed by atoms with van der Waals surface area (Å²) in [7, 11) is -4.17. The minimum Gasteiger partial charge on any atom is -0.480 e. The van der Waals surface area contributed by atoms with Crippen LogP contribution in [-0.2, 0) is 29.0 Å². The van der Waals surface area contributed by atoms with Gasteiger partial charge in [-0.25, -0.2) is 13.2 Å². The molecule has 0 spiro atoms. The fraction of sp³-hybridized carbons (Fsp3) is 0.375. The molecule has 0 radical (unpaired) electrons. The second kappa shape index (κ2) is 5.90. The molecule has 3 rings (SSSR count). The van der Waals surface area contributed by atoms with Gasteiger partial charge in [-0.1, -0.05) is 6.07 Å². The van der Waals surface area contributed by atoms with Crippen molar-refractivity contribution in [1.29, 1.82) is 0 Å². The molecule has 0 unspecified atom stereocenters. The Balaban J connectivity index is 2.07. The van der Waals surface area contributed by atoms with Crippen LogP contribution in [-0.4, -0.2) is 64.0 Å². The number of carbonyl (C=O) groups excluding carboxylic acids is 2. The molecule has 0 saturated carbocycles. The van der Waals surface area contributed by atoms with E-state index in [1.807, 2.05) is 0 Å². The number of carboxylic acids is 1. The molecule has 2 saturated heterocycles. The van der Waals surface area contributed by atoms with Crippen LogP contribution in [0.15, 0.2) is 30.0 Å². The van der Waals surface area contributed by atoms with Crippen molar-refractivity contribution in [3.63, 3.8) is 0 Å². The summed E-state index contributed by atoms with van der Waals surface area (Å²) in [6, 6.07) is 3.29. The van der Waals surface area contributed by atoms with E-state index in [-0.39, 0.29) is 5.57 Å². The molecule has 10 heteroatoms. The van der Waals surface area contributed by atoms with Crippen molar-refractivity contribution in [3.8, 4) is 0 Å². The van der Waals surface area contributed by atoms with E-state index >= 15 is 0 Å². The van der Waals surface area contributed by atoms with Gasteiger partial charge in [-0.15, -0.1) is 0 Å². The van der Waals surface area contributed by atoms with Crippen LogP contribution in [0.2, 0.25) is 0 Å². The van der Waals surface area contributed by atoms with Crippen LogP contribution >= 0.6 is 0 Å². The second-order valence-corrected chi connectivity index (χ2v) is 8.77. The quantitative estimate of drug-likeness (QED) is 0.433. The number of hydrogen-bond donors (Lipinski definition) is 1. The number of aromatic nitrogens is 1. The Labute approximate surface area is 149 Å². The molecule has 1 amide bonds. The lowest BCUT2D eigenvalue weighted by Gasteiger charge is -2.37. The van der Waals surface area contributed by atoms with Crippen molar-refractivity contribution in [2.75, 3.05) is 6.61 Å². The van der Waals surface area contributed by atoms with Crippen LogP contribution in [0.1, 0.15) is 19.5 Å². The minimum absolute atomic E-state index is 0.0542. The van der Waals surface area contributed by atoms with E-state index in [4.69, 9.17) is 4.74 Å². The molecule has 2 aliphatic rings. The summed E-state index contributed by atoms with van der Waals surface area (Å²) in [5.74, 6) is -2.91. The van der Waals surface area contributed by atoms with E-state index in [9.17, 15) is 27.9 Å². The van der Waals surface area contributed by atoms with E-state index in [2.05, 4.69) is 4.98 Å². The van der Waals surface area contributed by atoms with E-state index in [1.54, 1.807) is 18.2 Å². The number of rotatable bonds is 4. The van der Waals surface area contributed by atoms with Crippen LogP contribution in [0.25, 0.3) is 6.08 Å². The lowest BCUT2D eigenvalue weighted by Crippen LogP contribution is -2.59. The van der Waals surface area contributed by atoms with E-state index in [1.165, 1.54) is 19.2 Å². The van der Waals surface area contributed by atoms with Gasteiger partial charge in [-0.2, -0.15) is 0 Å². The number of carbonyl (C=O) groups is 3. The van der Waals surface area contributed by atoms with Gasteiger partial charge < -0.3 is 14.7 Å². The highest BCUT2D eigenvalue weighted by Crippen LogP contribution is 2.49. The van der Waals surface area contributed by atoms with Crippen molar-refractivity contribution in [2.45, 2.75) is 30.0 Å². The zero-order valence-electron chi connectivity index (χ0n) is 13.9. The minimum atomic E-state index is -4.17. The number of esters is 1. The summed E-state index contributed by atoms with van der Waals surface area (Å²) in [5.41, 5.74) is 0.327. The van der Waals surface area contributed by atoms with Gasteiger partial charge in [-0.05, 0) is 25.1 Å². The average molecular weight is 380 g/mol. The van der Waals surface area contributed by atoms with Gasteiger partial charge in [-0.3, -0.25) is 14.6 Å². The van der Waals surface area contributed by atoms with Gasteiger partial charge in [0.15, 0.2) is 21.3 Å². The zero-order valence-corrected chi connectivity index (χ0v) is 14.8. The van der Waals surface area contributed by atoms with Gasteiger partial charge in [0.2, 0.25) is 0 Å². The fourth-order valence-corrected chi connectivity index (χ4v) is 5.54. The highest BCUT2D eigenvalue weighted by atomic mass is 32.2. The SMILES string of the molecule is CC(=O)OC[C@@]1(C)[C@H](C(=O)O)N2C(=O)/C(=C\c3ccccn3)[C@H]2S1(=O)=O. The molecular weight excluding hydrogens is 364 g/mol. The maximum Gasteiger partial charge on any atom is 0.328 e. The maximum atomic E-state index is 13.0. The molecule has 26 heavy (non-hydrogen) atoms. The largest absolute Gasteiger partial charge is 0.480 e. The molecule has 138 valence electrons. The van der Waals surface area contributed by atoms with Crippen LogP contribution in [0.5, 0.6) is 0 Å². The van der Waals surface area contributed by atoms with Gasteiger partial charge >= 0.3 is 11.9 Å². The number of β-lactam (4-membered cyclic amide) rings is 1. The summed E-state index contributed by atoms with van der Waals surface area (Å²) in [6.45, 7) is 1.61. The molecule has 9 nitrogen and oxygen atoms in total. The van der Waals surface area contributed by atoms with E-state index in [0.29, 0.717) is 5.69 Å². The first kappa shape index (κ1) is 18.1. The predicted octanol–water partition coefficient (Wildman–Crippen LogP) is -0.163. The lowest BCUT2D eigenvalue weighted by molar-refractivity contribution is -0.155. The zero-order chi connectivity index (χ0) is 19.3. The summed E-state index contributed by atoms with van der Waals surface area (Å²) in [5, 5.41) is 8.13. The van der Waals surface area contributed by atoms with Gasteiger partial charge in [0.1, 0.15) is 11.4 Å². The molecule has 1 N–H and O–H groups in total. The van der Waals surface area contributed by atoms with Crippen LogP contribution < -0.4 is 0 Å². The smallest absolute Gasteiger partial charge is 0.328 e. The van der Waals surface area contributed by atoms with Crippen molar-refractivity contribution in [2.24, 2.45) is 0 Å². The number of fused-ring (bicyclic) bond motifs is 1. The van der Waals surface area contributed by atoms with Gasteiger partial charge in [0.05, 0.1) is 11.3 Å². The summed E-state index contributed by atoms with van der Waals surface area (Å²) < 4.78 is 28.9. The Hall–Kier alpha value is -2.75. The first-order chi connectivity index (χ1) is 12.1. The van der Waals surface area contributed by atoms with Crippen LogP contribution in [0.3, 0.4) is 0 Å². The van der Waals surface area contributed by atoms with E-state index < -0.39 is 50.5 Å². The first-order valence-electron chi connectivity index (χ1n) is 7.66. The molecule has 1 aromatic heterocycles.